The molecule has 0 bridgehead atoms. The maximum atomic E-state index is 10.6. The van der Waals surface area contributed by atoms with Crippen LogP contribution in [0.25, 0.3) is 11.3 Å². The number of anilines is 2. The SMILES string of the molecule is Nc1csc(NN=Cc2ccc(-c3ccc([N+](=O)[O-])cn3)cc2)n1. The van der Waals surface area contributed by atoms with Gasteiger partial charge in [-0.05, 0) is 11.6 Å². The van der Waals surface area contributed by atoms with Gasteiger partial charge >= 0.3 is 0 Å². The molecule has 2 aromatic heterocycles. The fourth-order valence-corrected chi connectivity index (χ4v) is 2.45. The highest BCUT2D eigenvalue weighted by molar-refractivity contribution is 7.14. The number of aromatic nitrogens is 2. The number of nitrogens with one attached hydrogen (secondary N) is 1. The van der Waals surface area contributed by atoms with E-state index >= 15 is 0 Å². The normalized spacial score (nSPS) is 10.8. The number of nitrogens with zero attached hydrogens (tertiary/aromatic N) is 4. The van der Waals surface area contributed by atoms with E-state index in [1.54, 1.807) is 17.7 Å². The summed E-state index contributed by atoms with van der Waals surface area (Å²) in [5, 5.41) is 17.1. The van der Waals surface area contributed by atoms with Gasteiger partial charge in [-0.1, -0.05) is 24.3 Å². The van der Waals surface area contributed by atoms with Gasteiger partial charge in [0.25, 0.3) is 5.69 Å². The Balaban J connectivity index is 1.67. The number of nitro groups is 1. The highest BCUT2D eigenvalue weighted by Crippen LogP contribution is 2.20. The lowest BCUT2D eigenvalue weighted by Gasteiger charge is -2.01. The number of hydrogen-bond acceptors (Lipinski definition) is 8. The van der Waals surface area contributed by atoms with Crippen LogP contribution in [0.5, 0.6) is 0 Å². The highest BCUT2D eigenvalue weighted by atomic mass is 32.1. The van der Waals surface area contributed by atoms with E-state index in [-0.39, 0.29) is 5.69 Å². The van der Waals surface area contributed by atoms with Crippen molar-refractivity contribution in [1.29, 1.82) is 0 Å². The molecule has 9 heteroatoms. The Bertz CT molecular complexity index is 874. The number of benzene rings is 1. The van der Waals surface area contributed by atoms with Crippen LogP contribution in [0.4, 0.5) is 16.6 Å². The molecule has 0 radical (unpaired) electrons. The molecule has 0 aliphatic rings. The monoisotopic (exact) mass is 340 g/mol. The van der Waals surface area contributed by atoms with Crippen molar-refractivity contribution in [3.63, 3.8) is 0 Å². The van der Waals surface area contributed by atoms with E-state index in [1.807, 2.05) is 24.3 Å². The van der Waals surface area contributed by atoms with E-state index in [2.05, 4.69) is 20.5 Å². The van der Waals surface area contributed by atoms with E-state index in [9.17, 15) is 10.1 Å². The average molecular weight is 340 g/mol. The van der Waals surface area contributed by atoms with Crippen molar-refractivity contribution < 1.29 is 4.92 Å². The molecule has 3 rings (SSSR count). The summed E-state index contributed by atoms with van der Waals surface area (Å²) in [6, 6.07) is 10.5. The highest BCUT2D eigenvalue weighted by Gasteiger charge is 2.06. The molecule has 2 heterocycles. The summed E-state index contributed by atoms with van der Waals surface area (Å²) in [6.07, 6.45) is 2.90. The Labute approximate surface area is 140 Å². The minimum absolute atomic E-state index is 0.0311. The van der Waals surface area contributed by atoms with Crippen LogP contribution in [0.2, 0.25) is 0 Å². The lowest BCUT2D eigenvalue weighted by Crippen LogP contribution is -1.92. The molecule has 0 unspecified atom stereocenters. The molecular formula is C15H12N6O2S. The number of nitrogen functional groups attached to an aromatic ring is 1. The van der Waals surface area contributed by atoms with Gasteiger partial charge in [-0.3, -0.25) is 15.5 Å². The predicted molar refractivity (Wildman–Crippen MR) is 94.1 cm³/mol. The van der Waals surface area contributed by atoms with Crippen molar-refractivity contribution in [3.8, 4) is 11.3 Å². The van der Waals surface area contributed by atoms with E-state index in [0.717, 1.165) is 11.1 Å². The summed E-state index contributed by atoms with van der Waals surface area (Å²) in [5.41, 5.74) is 10.7. The summed E-state index contributed by atoms with van der Waals surface area (Å²) >= 11 is 1.37. The first-order valence-electron chi connectivity index (χ1n) is 6.83. The molecule has 0 aliphatic heterocycles. The third-order valence-electron chi connectivity index (χ3n) is 3.06. The molecule has 0 amide bonds. The van der Waals surface area contributed by atoms with Crippen LogP contribution in [-0.2, 0) is 0 Å². The number of thiazole rings is 1. The van der Waals surface area contributed by atoms with Crippen molar-refractivity contribution >= 4 is 34.2 Å². The number of hydrazone groups is 1. The van der Waals surface area contributed by atoms with Crippen LogP contribution in [0.15, 0.2) is 53.1 Å². The van der Waals surface area contributed by atoms with Crippen LogP contribution in [0.1, 0.15) is 5.56 Å². The van der Waals surface area contributed by atoms with Gasteiger partial charge in [0.15, 0.2) is 0 Å². The lowest BCUT2D eigenvalue weighted by atomic mass is 10.1. The molecule has 1 aromatic carbocycles. The number of hydrogen-bond donors (Lipinski definition) is 2. The van der Waals surface area contributed by atoms with Gasteiger partial charge in [0.1, 0.15) is 12.0 Å². The molecule has 0 fully saturated rings. The maximum Gasteiger partial charge on any atom is 0.287 e. The predicted octanol–water partition coefficient (Wildman–Crippen LogP) is 3.14. The summed E-state index contributed by atoms with van der Waals surface area (Å²) < 4.78 is 0. The van der Waals surface area contributed by atoms with Crippen molar-refractivity contribution in [2.45, 2.75) is 0 Å². The van der Waals surface area contributed by atoms with E-state index in [0.29, 0.717) is 16.6 Å². The average Bonchev–Trinajstić information content (AvgIpc) is 3.01. The minimum Gasteiger partial charge on any atom is -0.383 e. The van der Waals surface area contributed by atoms with Crippen LogP contribution in [0, 0.1) is 10.1 Å². The topological polar surface area (TPSA) is 119 Å². The van der Waals surface area contributed by atoms with Crippen molar-refractivity contribution in [2.24, 2.45) is 5.10 Å². The number of nitrogens with two attached hydrogens (primary N) is 1. The fraction of sp³-hybridized carbons (Fsp3) is 0. The maximum absolute atomic E-state index is 10.6. The van der Waals surface area contributed by atoms with Crippen LogP contribution >= 0.6 is 11.3 Å². The Kier molecular flexibility index (Phi) is 4.43. The van der Waals surface area contributed by atoms with Gasteiger partial charge in [-0.15, -0.1) is 11.3 Å². The zero-order valence-electron chi connectivity index (χ0n) is 12.3. The van der Waals surface area contributed by atoms with Gasteiger partial charge in [0, 0.05) is 17.0 Å². The Morgan fingerprint density at radius 1 is 1.25 bits per heavy atom. The van der Waals surface area contributed by atoms with E-state index < -0.39 is 4.92 Å². The molecule has 3 aromatic rings. The first kappa shape index (κ1) is 15.6. The molecule has 8 nitrogen and oxygen atoms in total. The number of pyridine rings is 1. The quantitative estimate of drug-likeness (QED) is 0.418. The Morgan fingerprint density at radius 3 is 2.62 bits per heavy atom. The van der Waals surface area contributed by atoms with E-state index in [4.69, 9.17) is 5.73 Å². The summed E-state index contributed by atoms with van der Waals surface area (Å²) in [6.45, 7) is 0. The third kappa shape index (κ3) is 3.70. The molecule has 120 valence electrons. The largest absolute Gasteiger partial charge is 0.383 e. The van der Waals surface area contributed by atoms with Gasteiger partial charge in [0.2, 0.25) is 5.13 Å². The standard InChI is InChI=1S/C15H12N6O2S/c16-14-9-24-15(19-14)20-18-7-10-1-3-11(4-2-10)13-6-5-12(8-17-13)21(22)23/h1-9H,16H2,(H,19,20). The lowest BCUT2D eigenvalue weighted by molar-refractivity contribution is -0.385. The smallest absolute Gasteiger partial charge is 0.287 e. The zero-order chi connectivity index (χ0) is 16.9. The second kappa shape index (κ2) is 6.84. The summed E-state index contributed by atoms with van der Waals surface area (Å²) in [5.74, 6) is 0.456. The first-order chi connectivity index (χ1) is 11.6. The second-order valence-corrected chi connectivity index (χ2v) is 5.59. The Hall–Kier alpha value is -3.33. The van der Waals surface area contributed by atoms with Crippen molar-refractivity contribution in [3.05, 3.63) is 63.7 Å². The summed E-state index contributed by atoms with van der Waals surface area (Å²) in [7, 11) is 0. The number of rotatable bonds is 5. The fourth-order valence-electron chi connectivity index (χ4n) is 1.90. The second-order valence-electron chi connectivity index (χ2n) is 4.73. The van der Waals surface area contributed by atoms with Crippen LogP contribution < -0.4 is 11.2 Å². The molecule has 0 saturated heterocycles. The zero-order valence-corrected chi connectivity index (χ0v) is 13.1. The molecule has 3 N–H and O–H groups in total. The third-order valence-corrected chi connectivity index (χ3v) is 3.83. The summed E-state index contributed by atoms with van der Waals surface area (Å²) in [4.78, 5) is 18.3. The van der Waals surface area contributed by atoms with Gasteiger partial charge < -0.3 is 5.73 Å². The first-order valence-corrected chi connectivity index (χ1v) is 7.71. The van der Waals surface area contributed by atoms with Gasteiger partial charge in [0.05, 0.1) is 16.8 Å². The molecule has 0 aliphatic carbocycles. The Morgan fingerprint density at radius 2 is 2.04 bits per heavy atom. The van der Waals surface area contributed by atoms with Crippen molar-refractivity contribution in [1.82, 2.24) is 9.97 Å². The molecular weight excluding hydrogens is 328 g/mol. The van der Waals surface area contributed by atoms with Crippen molar-refractivity contribution in [2.75, 3.05) is 11.2 Å². The van der Waals surface area contributed by atoms with Crippen LogP contribution in [-0.4, -0.2) is 21.1 Å². The van der Waals surface area contributed by atoms with Gasteiger partial charge in [-0.25, -0.2) is 9.97 Å². The van der Waals surface area contributed by atoms with Crippen LogP contribution in [0.3, 0.4) is 0 Å². The molecule has 0 spiro atoms. The molecule has 24 heavy (non-hydrogen) atoms. The molecule has 0 saturated carbocycles. The van der Waals surface area contributed by atoms with Gasteiger partial charge in [-0.2, -0.15) is 5.10 Å². The minimum atomic E-state index is -0.473. The molecule has 0 atom stereocenters. The van der Waals surface area contributed by atoms with E-state index in [1.165, 1.54) is 23.6 Å².